The Labute approximate surface area is 291 Å². The zero-order chi connectivity index (χ0) is 33.0. The molecule has 0 N–H and O–H groups in total. The maximum Gasteiger partial charge on any atom is 0.227 e. The molecule has 234 valence electrons. The Morgan fingerprint density at radius 2 is 1.00 bits per heavy atom. The Kier molecular flexibility index (Phi) is 6.60. The number of nitrogens with zero attached hydrogens (tertiary/aromatic N) is 4. The molecule has 0 aliphatic rings. The van der Waals surface area contributed by atoms with E-state index in [1.807, 2.05) is 72.8 Å². The Hall–Kier alpha value is -6.50. The number of rotatable bonds is 5. The molecule has 0 radical (unpaired) electrons. The van der Waals surface area contributed by atoms with Gasteiger partial charge >= 0.3 is 0 Å². The fourth-order valence-electron chi connectivity index (χ4n) is 6.74. The first-order chi connectivity index (χ1) is 24.8. The van der Waals surface area contributed by atoms with Gasteiger partial charge in [0.05, 0.1) is 0 Å². The molecule has 50 heavy (non-hydrogen) atoms. The molecule has 7 aromatic carbocycles. The minimum Gasteiger partial charge on any atom is -0.435 e. The summed E-state index contributed by atoms with van der Waals surface area (Å²) in [5.74, 6) is 2.49. The molecule has 0 aliphatic carbocycles. The standard InChI is InChI=1S/C44H26N4OS/c1-4-12-27(13-5-1)28-20-22-30(23-21-28)42-46-41(29-14-6-2-7-15-29)47-43(48-42)34-26-32-24-25-35-39(49-44(45-35)31-16-8-3-9-17-31)37(32)38-33-18-10-11-19-36(33)50-40(34)38/h1-26H. The number of benzene rings is 7. The Bertz CT molecular complexity index is 2850. The molecular formula is C44H26N4OS. The van der Waals surface area contributed by atoms with Crippen molar-refractivity contribution in [1.82, 2.24) is 19.9 Å². The first-order valence-corrected chi connectivity index (χ1v) is 17.3. The molecule has 0 spiro atoms. The van der Waals surface area contributed by atoms with Crippen LogP contribution in [0.3, 0.4) is 0 Å². The Morgan fingerprint density at radius 3 is 1.72 bits per heavy atom. The second-order valence-corrected chi connectivity index (χ2v) is 13.3. The SMILES string of the molecule is c1ccc(-c2ccc(-c3nc(-c4ccccc4)nc(-c4cc5ccc6nc(-c7ccccc7)oc6c5c5c4sc4ccccc45)n3)cc2)cc1. The summed E-state index contributed by atoms with van der Waals surface area (Å²) < 4.78 is 8.87. The third-order valence-electron chi connectivity index (χ3n) is 9.16. The van der Waals surface area contributed by atoms with Crippen molar-refractivity contribution >= 4 is 53.4 Å². The van der Waals surface area contributed by atoms with Crippen LogP contribution in [0.5, 0.6) is 0 Å². The van der Waals surface area contributed by atoms with Crippen LogP contribution in [0.15, 0.2) is 162 Å². The van der Waals surface area contributed by atoms with Crippen LogP contribution in [0.4, 0.5) is 0 Å². The van der Waals surface area contributed by atoms with Gasteiger partial charge in [-0.1, -0.05) is 127 Å². The second-order valence-electron chi connectivity index (χ2n) is 12.2. The maximum absolute atomic E-state index is 6.59. The molecule has 3 heterocycles. The van der Waals surface area contributed by atoms with Crippen LogP contribution in [0.25, 0.3) is 98.8 Å². The van der Waals surface area contributed by atoms with Crippen molar-refractivity contribution in [3.63, 3.8) is 0 Å². The number of aromatic nitrogens is 4. The van der Waals surface area contributed by atoms with E-state index in [1.165, 1.54) is 15.6 Å². The van der Waals surface area contributed by atoms with Gasteiger partial charge in [0.2, 0.25) is 5.89 Å². The van der Waals surface area contributed by atoms with Crippen LogP contribution in [0.2, 0.25) is 0 Å². The smallest absolute Gasteiger partial charge is 0.227 e. The summed E-state index contributed by atoms with van der Waals surface area (Å²) in [5.41, 5.74) is 7.68. The van der Waals surface area contributed by atoms with Crippen LogP contribution in [0, 0.1) is 0 Å². The lowest BCUT2D eigenvalue weighted by atomic mass is 9.99. The topological polar surface area (TPSA) is 64.7 Å². The zero-order valence-electron chi connectivity index (χ0n) is 26.6. The molecule has 3 aromatic heterocycles. The summed E-state index contributed by atoms with van der Waals surface area (Å²) in [4.78, 5) is 20.3. The molecule has 6 heteroatoms. The van der Waals surface area contributed by atoms with Gasteiger partial charge in [-0.15, -0.1) is 11.3 Å². The van der Waals surface area contributed by atoms with E-state index < -0.39 is 0 Å². The number of hydrogen-bond donors (Lipinski definition) is 0. The summed E-state index contributed by atoms with van der Waals surface area (Å²) in [5, 5.41) is 4.37. The predicted molar refractivity (Wildman–Crippen MR) is 205 cm³/mol. The zero-order valence-corrected chi connectivity index (χ0v) is 27.4. The molecule has 0 aliphatic heterocycles. The number of thiophene rings is 1. The quantitative estimate of drug-likeness (QED) is 0.184. The van der Waals surface area contributed by atoms with Gasteiger partial charge in [-0.25, -0.2) is 19.9 Å². The highest BCUT2D eigenvalue weighted by Gasteiger charge is 2.22. The maximum atomic E-state index is 6.59. The average molecular weight is 659 g/mol. The monoisotopic (exact) mass is 658 g/mol. The van der Waals surface area contributed by atoms with Crippen molar-refractivity contribution in [1.29, 1.82) is 0 Å². The van der Waals surface area contributed by atoms with Gasteiger partial charge in [-0.05, 0) is 46.8 Å². The molecule has 10 aromatic rings. The highest BCUT2D eigenvalue weighted by Crippen LogP contribution is 2.46. The van der Waals surface area contributed by atoms with Crippen LogP contribution in [0.1, 0.15) is 0 Å². The van der Waals surface area contributed by atoms with Crippen molar-refractivity contribution in [3.8, 4) is 56.7 Å². The van der Waals surface area contributed by atoms with E-state index in [1.54, 1.807) is 11.3 Å². The molecule has 0 saturated carbocycles. The molecule has 0 fully saturated rings. The number of oxazole rings is 1. The number of fused-ring (bicyclic) bond motifs is 7. The first-order valence-electron chi connectivity index (χ1n) is 16.5. The van der Waals surface area contributed by atoms with E-state index in [4.69, 9.17) is 24.4 Å². The van der Waals surface area contributed by atoms with Gasteiger partial charge in [0.25, 0.3) is 0 Å². The van der Waals surface area contributed by atoms with Gasteiger partial charge in [0, 0.05) is 47.8 Å². The van der Waals surface area contributed by atoms with Crippen LogP contribution in [-0.4, -0.2) is 19.9 Å². The van der Waals surface area contributed by atoms with E-state index in [0.29, 0.717) is 23.4 Å². The highest BCUT2D eigenvalue weighted by atomic mass is 32.1. The summed E-state index contributed by atoms with van der Waals surface area (Å²) in [6.07, 6.45) is 0. The van der Waals surface area contributed by atoms with Gasteiger partial charge in [0.15, 0.2) is 23.1 Å². The van der Waals surface area contributed by atoms with Crippen LogP contribution < -0.4 is 0 Å². The van der Waals surface area contributed by atoms with E-state index in [0.717, 1.165) is 59.8 Å². The molecule has 0 bridgehead atoms. The fraction of sp³-hybridized carbons (Fsp3) is 0. The van der Waals surface area contributed by atoms with Crippen molar-refractivity contribution in [2.75, 3.05) is 0 Å². The molecule has 0 saturated heterocycles. The van der Waals surface area contributed by atoms with E-state index in [-0.39, 0.29) is 0 Å². The summed E-state index contributed by atoms with van der Waals surface area (Å²) in [6.45, 7) is 0. The third kappa shape index (κ3) is 4.77. The minimum absolute atomic E-state index is 0.609. The van der Waals surface area contributed by atoms with Gasteiger partial charge in [-0.2, -0.15) is 0 Å². The predicted octanol–water partition coefficient (Wildman–Crippen LogP) is 11.9. The largest absolute Gasteiger partial charge is 0.435 e. The molecule has 0 unspecified atom stereocenters. The second kappa shape index (κ2) is 11.6. The van der Waals surface area contributed by atoms with Gasteiger partial charge < -0.3 is 4.42 Å². The first kappa shape index (κ1) is 28.5. The average Bonchev–Trinajstić information content (AvgIpc) is 3.81. The van der Waals surface area contributed by atoms with Gasteiger partial charge in [0.1, 0.15) is 5.52 Å². The molecule has 0 atom stereocenters. The lowest BCUT2D eigenvalue weighted by Crippen LogP contribution is -2.00. The van der Waals surface area contributed by atoms with Crippen molar-refractivity contribution in [2.45, 2.75) is 0 Å². The normalized spacial score (nSPS) is 11.6. The summed E-state index contributed by atoms with van der Waals surface area (Å²) in [6, 6.07) is 53.9. The van der Waals surface area contributed by atoms with Crippen molar-refractivity contribution < 1.29 is 4.42 Å². The lowest BCUT2D eigenvalue weighted by Gasteiger charge is -2.11. The highest BCUT2D eigenvalue weighted by molar-refractivity contribution is 7.26. The summed E-state index contributed by atoms with van der Waals surface area (Å²) >= 11 is 1.75. The van der Waals surface area contributed by atoms with E-state index in [2.05, 4.69) is 84.9 Å². The molecule has 0 amide bonds. The van der Waals surface area contributed by atoms with Crippen molar-refractivity contribution in [3.05, 3.63) is 158 Å². The summed E-state index contributed by atoms with van der Waals surface area (Å²) in [7, 11) is 0. The number of hydrogen-bond acceptors (Lipinski definition) is 6. The van der Waals surface area contributed by atoms with Gasteiger partial charge in [-0.3, -0.25) is 0 Å². The fourth-order valence-corrected chi connectivity index (χ4v) is 7.96. The lowest BCUT2D eigenvalue weighted by molar-refractivity contribution is 0.623. The Balaban J connectivity index is 1.22. The molecule has 5 nitrogen and oxygen atoms in total. The van der Waals surface area contributed by atoms with E-state index in [9.17, 15) is 0 Å². The van der Waals surface area contributed by atoms with E-state index >= 15 is 0 Å². The van der Waals surface area contributed by atoms with Crippen molar-refractivity contribution in [2.24, 2.45) is 0 Å². The third-order valence-corrected chi connectivity index (χ3v) is 10.4. The molecule has 10 rings (SSSR count). The molecular weight excluding hydrogens is 633 g/mol. The van der Waals surface area contributed by atoms with Crippen LogP contribution in [-0.2, 0) is 0 Å². The van der Waals surface area contributed by atoms with Crippen LogP contribution >= 0.6 is 11.3 Å². The minimum atomic E-state index is 0.609. The Morgan fingerprint density at radius 1 is 0.440 bits per heavy atom.